The van der Waals surface area contributed by atoms with Crippen molar-refractivity contribution in [1.82, 2.24) is 0 Å². The zero-order valence-electron chi connectivity index (χ0n) is 9.02. The molecular formula is C13H8OS3. The summed E-state index contributed by atoms with van der Waals surface area (Å²) in [6, 6.07) is 6.60. The van der Waals surface area contributed by atoms with Crippen molar-refractivity contribution < 1.29 is 4.74 Å². The standard InChI is InChI=1S/C13H8OS3/c1-14-10-6-9-12-7(2-4-16-12)11-8(3-5-15-11)13(9)17-10/h2-6H,1H3. The molecule has 0 fully saturated rings. The van der Waals surface area contributed by atoms with E-state index >= 15 is 0 Å². The molecule has 17 heavy (non-hydrogen) atoms. The van der Waals surface area contributed by atoms with Crippen LogP contribution in [0.15, 0.2) is 29.0 Å². The van der Waals surface area contributed by atoms with Gasteiger partial charge in [0.2, 0.25) is 0 Å². The average molecular weight is 276 g/mol. The Morgan fingerprint density at radius 1 is 0.882 bits per heavy atom. The number of benzene rings is 1. The van der Waals surface area contributed by atoms with Crippen LogP contribution in [0.1, 0.15) is 0 Å². The van der Waals surface area contributed by atoms with Crippen LogP contribution in [-0.2, 0) is 0 Å². The van der Waals surface area contributed by atoms with Crippen molar-refractivity contribution in [1.29, 1.82) is 0 Å². The van der Waals surface area contributed by atoms with Crippen molar-refractivity contribution in [2.75, 3.05) is 7.11 Å². The van der Waals surface area contributed by atoms with Crippen LogP contribution in [-0.4, -0.2) is 7.11 Å². The third-order valence-corrected chi connectivity index (χ3v) is 6.00. The van der Waals surface area contributed by atoms with Crippen molar-refractivity contribution >= 4 is 64.3 Å². The topological polar surface area (TPSA) is 9.23 Å². The van der Waals surface area contributed by atoms with Gasteiger partial charge in [0.25, 0.3) is 0 Å². The molecular weight excluding hydrogens is 268 g/mol. The van der Waals surface area contributed by atoms with Crippen LogP contribution in [0.2, 0.25) is 0 Å². The highest BCUT2D eigenvalue weighted by Gasteiger charge is 2.13. The summed E-state index contributed by atoms with van der Waals surface area (Å²) >= 11 is 5.38. The molecule has 0 bridgehead atoms. The molecule has 0 radical (unpaired) electrons. The summed E-state index contributed by atoms with van der Waals surface area (Å²) in [6.07, 6.45) is 0. The highest BCUT2D eigenvalue weighted by molar-refractivity contribution is 7.26. The molecule has 1 nitrogen and oxygen atoms in total. The fraction of sp³-hybridized carbons (Fsp3) is 0.0769. The fourth-order valence-electron chi connectivity index (χ4n) is 2.23. The Kier molecular flexibility index (Phi) is 2.00. The first-order valence-electron chi connectivity index (χ1n) is 5.22. The number of methoxy groups -OCH3 is 1. The van der Waals surface area contributed by atoms with Gasteiger partial charge in [-0.05, 0) is 22.9 Å². The lowest BCUT2D eigenvalue weighted by Gasteiger charge is -1.96. The highest BCUT2D eigenvalue weighted by atomic mass is 32.1. The maximum Gasteiger partial charge on any atom is 0.174 e. The van der Waals surface area contributed by atoms with E-state index in [-0.39, 0.29) is 0 Å². The van der Waals surface area contributed by atoms with Gasteiger partial charge < -0.3 is 4.74 Å². The Labute approximate surface area is 110 Å². The van der Waals surface area contributed by atoms with E-state index in [1.165, 1.54) is 30.3 Å². The summed E-state index contributed by atoms with van der Waals surface area (Å²) in [7, 11) is 1.74. The SMILES string of the molecule is COc1cc2c3sccc3c3sccc3c2s1. The molecule has 0 amide bonds. The second-order valence-electron chi connectivity index (χ2n) is 3.84. The number of thiophene rings is 3. The highest BCUT2D eigenvalue weighted by Crippen LogP contribution is 2.45. The van der Waals surface area contributed by atoms with Gasteiger partial charge in [0.15, 0.2) is 5.06 Å². The lowest BCUT2D eigenvalue weighted by atomic mass is 10.1. The molecule has 1 aromatic carbocycles. The number of ether oxygens (including phenoxy) is 1. The summed E-state index contributed by atoms with van der Waals surface area (Å²) in [5, 5.41) is 9.43. The smallest absolute Gasteiger partial charge is 0.174 e. The predicted molar refractivity (Wildman–Crippen MR) is 79.1 cm³/mol. The molecule has 4 aromatic rings. The molecule has 0 aliphatic heterocycles. The zero-order valence-corrected chi connectivity index (χ0v) is 11.5. The lowest BCUT2D eigenvalue weighted by Crippen LogP contribution is -1.73. The van der Waals surface area contributed by atoms with E-state index in [4.69, 9.17) is 4.74 Å². The van der Waals surface area contributed by atoms with Gasteiger partial charge in [-0.2, -0.15) is 0 Å². The molecule has 3 aromatic heterocycles. The molecule has 4 heteroatoms. The minimum atomic E-state index is 0.994. The molecule has 0 saturated heterocycles. The van der Waals surface area contributed by atoms with E-state index in [2.05, 4.69) is 29.0 Å². The monoisotopic (exact) mass is 276 g/mol. The summed E-state index contributed by atoms with van der Waals surface area (Å²) in [5.41, 5.74) is 0. The number of rotatable bonds is 1. The quantitative estimate of drug-likeness (QED) is 0.456. The molecule has 4 rings (SSSR count). The lowest BCUT2D eigenvalue weighted by molar-refractivity contribution is 0.427. The second kappa shape index (κ2) is 3.45. The molecule has 0 atom stereocenters. The average Bonchev–Trinajstić information content (AvgIpc) is 3.06. The normalized spacial score (nSPS) is 11.8. The summed E-state index contributed by atoms with van der Waals surface area (Å²) in [5.74, 6) is 0. The third-order valence-electron chi connectivity index (χ3n) is 2.97. The van der Waals surface area contributed by atoms with Crippen LogP contribution >= 0.6 is 34.0 Å². The Morgan fingerprint density at radius 3 is 2.24 bits per heavy atom. The predicted octanol–water partition coefficient (Wildman–Crippen LogP) is 5.34. The van der Waals surface area contributed by atoms with Crippen LogP contribution in [0, 0.1) is 0 Å². The van der Waals surface area contributed by atoms with Crippen molar-refractivity contribution in [3.8, 4) is 5.06 Å². The molecule has 0 spiro atoms. The fourth-order valence-corrected chi connectivity index (χ4v) is 5.30. The number of hydrogen-bond donors (Lipinski definition) is 0. The van der Waals surface area contributed by atoms with Crippen LogP contribution in [0.3, 0.4) is 0 Å². The second-order valence-corrected chi connectivity index (χ2v) is 6.69. The van der Waals surface area contributed by atoms with E-state index in [0.717, 1.165) is 5.06 Å². The van der Waals surface area contributed by atoms with Crippen molar-refractivity contribution in [3.63, 3.8) is 0 Å². The number of fused-ring (bicyclic) bond motifs is 6. The van der Waals surface area contributed by atoms with E-state index in [1.54, 1.807) is 18.4 Å². The van der Waals surface area contributed by atoms with Crippen LogP contribution in [0.25, 0.3) is 30.3 Å². The van der Waals surface area contributed by atoms with E-state index in [0.29, 0.717) is 0 Å². The maximum absolute atomic E-state index is 5.38. The van der Waals surface area contributed by atoms with Crippen molar-refractivity contribution in [2.24, 2.45) is 0 Å². The first-order valence-corrected chi connectivity index (χ1v) is 7.80. The Balaban J connectivity index is 2.38. The van der Waals surface area contributed by atoms with E-state index in [1.807, 2.05) is 22.7 Å². The summed E-state index contributed by atoms with van der Waals surface area (Å²) < 4.78 is 9.52. The molecule has 0 N–H and O–H groups in total. The van der Waals surface area contributed by atoms with E-state index in [9.17, 15) is 0 Å². The summed E-state index contributed by atoms with van der Waals surface area (Å²) in [6.45, 7) is 0. The molecule has 0 saturated carbocycles. The maximum atomic E-state index is 5.38. The van der Waals surface area contributed by atoms with Gasteiger partial charge in [0.05, 0.1) is 7.11 Å². The molecule has 84 valence electrons. The van der Waals surface area contributed by atoms with Gasteiger partial charge in [-0.15, -0.1) is 22.7 Å². The first-order chi connectivity index (χ1) is 8.38. The van der Waals surface area contributed by atoms with Gasteiger partial charge in [-0.1, -0.05) is 11.3 Å². The van der Waals surface area contributed by atoms with Gasteiger partial charge in [-0.25, -0.2) is 0 Å². The van der Waals surface area contributed by atoms with Crippen molar-refractivity contribution in [3.05, 3.63) is 29.0 Å². The van der Waals surface area contributed by atoms with Crippen molar-refractivity contribution in [2.45, 2.75) is 0 Å². The summed E-state index contributed by atoms with van der Waals surface area (Å²) in [4.78, 5) is 0. The number of hydrogen-bond acceptors (Lipinski definition) is 4. The molecule has 3 heterocycles. The van der Waals surface area contributed by atoms with Crippen LogP contribution in [0.4, 0.5) is 0 Å². The van der Waals surface area contributed by atoms with Gasteiger partial charge >= 0.3 is 0 Å². The minimum Gasteiger partial charge on any atom is -0.487 e. The Hall–Kier alpha value is -1.10. The Morgan fingerprint density at radius 2 is 1.53 bits per heavy atom. The zero-order chi connectivity index (χ0) is 11.4. The van der Waals surface area contributed by atoms with Crippen LogP contribution < -0.4 is 4.74 Å². The molecule has 0 unspecified atom stereocenters. The first kappa shape index (κ1) is 9.88. The van der Waals surface area contributed by atoms with E-state index < -0.39 is 0 Å². The largest absolute Gasteiger partial charge is 0.487 e. The molecule has 0 aliphatic carbocycles. The van der Waals surface area contributed by atoms with Gasteiger partial charge in [0.1, 0.15) is 0 Å². The third kappa shape index (κ3) is 1.23. The van der Waals surface area contributed by atoms with Crippen LogP contribution in [0.5, 0.6) is 5.06 Å². The minimum absolute atomic E-state index is 0.994. The molecule has 0 aliphatic rings. The Bertz CT molecular complexity index is 767. The van der Waals surface area contributed by atoms with Gasteiger partial charge in [-0.3, -0.25) is 0 Å². The van der Waals surface area contributed by atoms with Gasteiger partial charge in [0, 0.05) is 36.3 Å².